The Morgan fingerprint density at radius 3 is 2.52 bits per heavy atom. The second kappa shape index (κ2) is 8.92. The Balaban J connectivity index is 1.46. The lowest BCUT2D eigenvalue weighted by molar-refractivity contribution is 0.00540. The molecule has 0 radical (unpaired) electrons. The summed E-state index contributed by atoms with van der Waals surface area (Å²) in [5, 5.41) is 3.03. The number of urea groups is 1. The number of hydrogen-bond donors (Lipinski definition) is 1. The number of nitrogens with zero attached hydrogens (tertiary/aromatic N) is 1. The number of amides is 2. The number of anilines is 1. The van der Waals surface area contributed by atoms with E-state index in [0.717, 1.165) is 36.5 Å². The third-order valence-corrected chi connectivity index (χ3v) is 5.20. The molecule has 0 unspecified atom stereocenters. The monoisotopic (exact) mass is 356 g/mol. The molecule has 5 heteroatoms. The van der Waals surface area contributed by atoms with E-state index in [0.29, 0.717) is 6.61 Å². The molecule has 0 aromatic heterocycles. The molecule has 1 saturated heterocycles. The Morgan fingerprint density at radius 2 is 1.80 bits per heavy atom. The van der Waals surface area contributed by atoms with Gasteiger partial charge in [0.25, 0.3) is 0 Å². The zero-order valence-electron chi connectivity index (χ0n) is 14.5. The second-order valence-corrected chi connectivity index (χ2v) is 6.96. The topological polar surface area (TPSA) is 41.6 Å². The number of benzene rings is 2. The van der Waals surface area contributed by atoms with Crippen LogP contribution in [-0.2, 0) is 11.3 Å². The number of likely N-dealkylation sites (tertiary alicyclic amines) is 1. The van der Waals surface area contributed by atoms with Gasteiger partial charge in [-0.3, -0.25) is 0 Å². The van der Waals surface area contributed by atoms with Gasteiger partial charge < -0.3 is 15.0 Å². The number of rotatable bonds is 5. The van der Waals surface area contributed by atoms with Crippen LogP contribution in [0.2, 0.25) is 0 Å². The Labute approximate surface area is 153 Å². The maximum atomic E-state index is 12.5. The van der Waals surface area contributed by atoms with Crippen molar-refractivity contribution in [1.29, 1.82) is 0 Å². The fourth-order valence-corrected chi connectivity index (χ4v) is 3.51. The van der Waals surface area contributed by atoms with Gasteiger partial charge in [-0.1, -0.05) is 42.5 Å². The van der Waals surface area contributed by atoms with Gasteiger partial charge >= 0.3 is 6.03 Å². The third kappa shape index (κ3) is 5.00. The first-order valence-corrected chi connectivity index (χ1v) is 9.83. The molecule has 25 heavy (non-hydrogen) atoms. The molecule has 1 heterocycles. The minimum Gasteiger partial charge on any atom is -0.373 e. The van der Waals surface area contributed by atoms with E-state index in [2.05, 4.69) is 17.4 Å². The van der Waals surface area contributed by atoms with Crippen molar-refractivity contribution >= 4 is 23.5 Å². The van der Waals surface area contributed by atoms with Gasteiger partial charge in [0.05, 0.1) is 18.4 Å². The first-order valence-electron chi connectivity index (χ1n) is 8.61. The van der Waals surface area contributed by atoms with E-state index in [9.17, 15) is 4.79 Å². The van der Waals surface area contributed by atoms with Gasteiger partial charge in [-0.2, -0.15) is 0 Å². The van der Waals surface area contributed by atoms with Crippen LogP contribution in [0, 0.1) is 0 Å². The van der Waals surface area contributed by atoms with Crippen LogP contribution in [0.15, 0.2) is 59.5 Å². The number of piperidine rings is 1. The van der Waals surface area contributed by atoms with Crippen molar-refractivity contribution in [2.24, 2.45) is 0 Å². The minimum absolute atomic E-state index is 0.0250. The molecule has 2 amide bonds. The van der Waals surface area contributed by atoms with Crippen molar-refractivity contribution in [2.75, 3.05) is 24.7 Å². The molecule has 0 atom stereocenters. The van der Waals surface area contributed by atoms with E-state index < -0.39 is 0 Å². The van der Waals surface area contributed by atoms with Crippen LogP contribution in [0.5, 0.6) is 0 Å². The molecule has 1 aliphatic rings. The highest BCUT2D eigenvalue weighted by Crippen LogP contribution is 2.25. The summed E-state index contributed by atoms with van der Waals surface area (Å²) < 4.78 is 5.99. The van der Waals surface area contributed by atoms with Crippen molar-refractivity contribution < 1.29 is 9.53 Å². The summed E-state index contributed by atoms with van der Waals surface area (Å²) in [6, 6.07) is 18.1. The summed E-state index contributed by atoms with van der Waals surface area (Å²) in [5.41, 5.74) is 2.07. The standard InChI is InChI=1S/C20H24N2O2S/c1-25-19-10-6-5-9-18(19)21-20(23)22-13-11-17(12-14-22)24-15-16-7-3-2-4-8-16/h2-10,17H,11-15H2,1H3,(H,21,23). The lowest BCUT2D eigenvalue weighted by Crippen LogP contribution is -2.43. The fourth-order valence-electron chi connectivity index (χ4n) is 2.96. The molecular formula is C20H24N2O2S. The summed E-state index contributed by atoms with van der Waals surface area (Å²) in [6.45, 7) is 2.10. The molecule has 1 N–H and O–H groups in total. The average molecular weight is 356 g/mol. The molecule has 2 aromatic rings. The molecule has 132 valence electrons. The van der Waals surface area contributed by atoms with Crippen molar-refractivity contribution in [3.8, 4) is 0 Å². The Morgan fingerprint density at radius 1 is 1.12 bits per heavy atom. The quantitative estimate of drug-likeness (QED) is 0.795. The molecule has 0 spiro atoms. The molecule has 0 saturated carbocycles. The van der Waals surface area contributed by atoms with Crippen LogP contribution < -0.4 is 5.32 Å². The first-order chi connectivity index (χ1) is 12.3. The van der Waals surface area contributed by atoms with Gasteiger partial charge in [0.15, 0.2) is 0 Å². The van der Waals surface area contributed by atoms with Gasteiger partial charge in [-0.05, 0) is 36.8 Å². The fraction of sp³-hybridized carbons (Fsp3) is 0.350. The Hall–Kier alpha value is -1.98. The van der Waals surface area contributed by atoms with Gasteiger partial charge in [0.1, 0.15) is 0 Å². The molecular weight excluding hydrogens is 332 g/mol. The maximum absolute atomic E-state index is 12.5. The van der Waals surface area contributed by atoms with Crippen molar-refractivity contribution in [3.63, 3.8) is 0 Å². The van der Waals surface area contributed by atoms with Crippen LogP contribution in [0.1, 0.15) is 18.4 Å². The number of ether oxygens (including phenoxy) is 1. The van der Waals surface area contributed by atoms with E-state index in [1.807, 2.05) is 53.6 Å². The Bertz CT molecular complexity index is 685. The number of para-hydroxylation sites is 1. The highest BCUT2D eigenvalue weighted by atomic mass is 32.2. The number of carbonyl (C=O) groups is 1. The highest BCUT2D eigenvalue weighted by molar-refractivity contribution is 7.98. The zero-order chi connectivity index (χ0) is 17.5. The van der Waals surface area contributed by atoms with E-state index in [4.69, 9.17) is 4.74 Å². The highest BCUT2D eigenvalue weighted by Gasteiger charge is 2.23. The van der Waals surface area contributed by atoms with E-state index in [-0.39, 0.29) is 12.1 Å². The number of thioether (sulfide) groups is 1. The lowest BCUT2D eigenvalue weighted by Gasteiger charge is -2.32. The second-order valence-electron chi connectivity index (χ2n) is 6.11. The third-order valence-electron chi connectivity index (χ3n) is 4.41. The van der Waals surface area contributed by atoms with Crippen LogP contribution in [0.4, 0.5) is 10.5 Å². The lowest BCUT2D eigenvalue weighted by atomic mass is 10.1. The van der Waals surface area contributed by atoms with Crippen LogP contribution in [0.25, 0.3) is 0 Å². The molecule has 0 bridgehead atoms. The van der Waals surface area contributed by atoms with Crippen molar-refractivity contribution in [1.82, 2.24) is 4.90 Å². The number of nitrogens with one attached hydrogen (secondary N) is 1. The normalized spacial score (nSPS) is 15.2. The van der Waals surface area contributed by atoms with Gasteiger partial charge in [-0.15, -0.1) is 11.8 Å². The summed E-state index contributed by atoms with van der Waals surface area (Å²) in [7, 11) is 0. The minimum atomic E-state index is -0.0250. The summed E-state index contributed by atoms with van der Waals surface area (Å²) in [4.78, 5) is 15.4. The predicted octanol–water partition coefficient (Wildman–Crippen LogP) is 4.62. The zero-order valence-corrected chi connectivity index (χ0v) is 15.3. The van der Waals surface area contributed by atoms with E-state index in [1.54, 1.807) is 11.8 Å². The predicted molar refractivity (Wildman–Crippen MR) is 103 cm³/mol. The van der Waals surface area contributed by atoms with Crippen molar-refractivity contribution in [2.45, 2.75) is 30.4 Å². The molecule has 1 fully saturated rings. The summed E-state index contributed by atoms with van der Waals surface area (Å²) in [6.07, 6.45) is 4.00. The van der Waals surface area contributed by atoms with Gasteiger partial charge in [0.2, 0.25) is 0 Å². The van der Waals surface area contributed by atoms with E-state index >= 15 is 0 Å². The van der Waals surface area contributed by atoms with Crippen LogP contribution in [-0.4, -0.2) is 36.4 Å². The largest absolute Gasteiger partial charge is 0.373 e. The van der Waals surface area contributed by atoms with Crippen LogP contribution in [0.3, 0.4) is 0 Å². The summed E-state index contributed by atoms with van der Waals surface area (Å²) >= 11 is 1.64. The molecule has 3 rings (SSSR count). The molecule has 2 aromatic carbocycles. The number of carbonyl (C=O) groups excluding carboxylic acids is 1. The molecule has 1 aliphatic heterocycles. The average Bonchev–Trinajstić information content (AvgIpc) is 2.68. The number of hydrogen-bond acceptors (Lipinski definition) is 3. The van der Waals surface area contributed by atoms with Crippen LogP contribution >= 0.6 is 11.8 Å². The Kier molecular flexibility index (Phi) is 6.36. The molecule has 4 nitrogen and oxygen atoms in total. The van der Waals surface area contributed by atoms with Gasteiger partial charge in [-0.25, -0.2) is 4.79 Å². The smallest absolute Gasteiger partial charge is 0.321 e. The summed E-state index contributed by atoms with van der Waals surface area (Å²) in [5.74, 6) is 0. The van der Waals surface area contributed by atoms with Crippen molar-refractivity contribution in [3.05, 3.63) is 60.2 Å². The SMILES string of the molecule is CSc1ccccc1NC(=O)N1CCC(OCc2ccccc2)CC1. The first kappa shape index (κ1) is 17.8. The molecule has 0 aliphatic carbocycles. The van der Waals surface area contributed by atoms with E-state index in [1.165, 1.54) is 5.56 Å². The van der Waals surface area contributed by atoms with Gasteiger partial charge in [0, 0.05) is 18.0 Å². The maximum Gasteiger partial charge on any atom is 0.321 e.